The minimum atomic E-state index is 0.641. The molecule has 1 aromatic carbocycles. The summed E-state index contributed by atoms with van der Waals surface area (Å²) in [6.07, 6.45) is 1.23. The molecule has 1 unspecified atom stereocenters. The van der Waals surface area contributed by atoms with Crippen LogP contribution in [0.15, 0.2) is 24.3 Å². The van der Waals surface area contributed by atoms with E-state index in [1.165, 1.54) is 17.7 Å². The molecule has 2 nitrogen and oxygen atoms in total. The predicted molar refractivity (Wildman–Crippen MR) is 65.5 cm³/mol. The summed E-state index contributed by atoms with van der Waals surface area (Å²) in [5.74, 6) is 0. The van der Waals surface area contributed by atoms with Crippen molar-refractivity contribution in [1.82, 2.24) is 5.32 Å². The van der Waals surface area contributed by atoms with Crippen LogP contribution in [0.3, 0.4) is 0 Å². The molecule has 1 atom stereocenters. The van der Waals surface area contributed by atoms with Gasteiger partial charge in [0.25, 0.3) is 0 Å². The van der Waals surface area contributed by atoms with E-state index < -0.39 is 0 Å². The van der Waals surface area contributed by atoms with Gasteiger partial charge >= 0.3 is 0 Å². The van der Waals surface area contributed by atoms with E-state index in [2.05, 4.69) is 48.3 Å². The predicted octanol–water partition coefficient (Wildman–Crippen LogP) is 2.18. The summed E-state index contributed by atoms with van der Waals surface area (Å²) in [6, 6.07) is 9.50. The average molecular weight is 204 g/mol. The van der Waals surface area contributed by atoms with Crippen molar-refractivity contribution < 1.29 is 0 Å². The Hall–Kier alpha value is -1.02. The van der Waals surface area contributed by atoms with Crippen LogP contribution in [0.25, 0.3) is 0 Å². The molecule has 0 amide bonds. The molecule has 2 rings (SSSR count). The lowest BCUT2D eigenvalue weighted by Gasteiger charge is -2.29. The van der Waals surface area contributed by atoms with E-state index in [0.29, 0.717) is 6.04 Å². The minimum absolute atomic E-state index is 0.641. The zero-order valence-electron chi connectivity index (χ0n) is 9.66. The Bertz CT molecular complexity index is 305. The Balaban J connectivity index is 2.16. The van der Waals surface area contributed by atoms with Crippen molar-refractivity contribution in [2.75, 3.05) is 24.5 Å². The summed E-state index contributed by atoms with van der Waals surface area (Å²) in [4.78, 5) is 2.50. The fourth-order valence-electron chi connectivity index (χ4n) is 2.13. The molecular formula is C13H20N2. The Kier molecular flexibility index (Phi) is 3.27. The number of hydrogen-bond acceptors (Lipinski definition) is 2. The summed E-state index contributed by atoms with van der Waals surface area (Å²) in [5, 5.41) is 3.45. The van der Waals surface area contributed by atoms with E-state index in [1.807, 2.05) is 0 Å². The van der Waals surface area contributed by atoms with Crippen LogP contribution in [0.4, 0.5) is 5.69 Å². The van der Waals surface area contributed by atoms with Crippen molar-refractivity contribution in [3.05, 3.63) is 29.8 Å². The molecule has 1 N–H and O–H groups in total. The first kappa shape index (κ1) is 10.5. The number of nitrogens with one attached hydrogen (secondary N) is 1. The van der Waals surface area contributed by atoms with Crippen LogP contribution in [-0.4, -0.2) is 25.7 Å². The highest BCUT2D eigenvalue weighted by molar-refractivity contribution is 5.48. The molecule has 1 aliphatic heterocycles. The fraction of sp³-hybridized carbons (Fsp3) is 0.538. The van der Waals surface area contributed by atoms with Crippen LogP contribution in [0.1, 0.15) is 18.9 Å². The second-order valence-corrected chi connectivity index (χ2v) is 4.42. The van der Waals surface area contributed by atoms with Crippen LogP contribution in [0, 0.1) is 6.92 Å². The molecular weight excluding hydrogens is 184 g/mol. The monoisotopic (exact) mass is 204 g/mol. The molecule has 0 bridgehead atoms. The molecule has 0 aromatic heterocycles. The third-order valence-electron chi connectivity index (χ3n) is 3.17. The van der Waals surface area contributed by atoms with Crippen molar-refractivity contribution in [1.29, 1.82) is 0 Å². The average Bonchev–Trinajstić information content (AvgIpc) is 2.44. The molecule has 15 heavy (non-hydrogen) atoms. The first-order valence-electron chi connectivity index (χ1n) is 5.81. The molecule has 1 aromatic rings. The SMILES string of the molecule is Cc1ccc(N2CCNCCC2C)cc1. The van der Waals surface area contributed by atoms with Gasteiger partial charge in [-0.2, -0.15) is 0 Å². The van der Waals surface area contributed by atoms with Crippen LogP contribution in [-0.2, 0) is 0 Å². The Morgan fingerprint density at radius 3 is 2.67 bits per heavy atom. The lowest BCUT2D eigenvalue weighted by atomic mass is 10.1. The van der Waals surface area contributed by atoms with Crippen LogP contribution >= 0.6 is 0 Å². The highest BCUT2D eigenvalue weighted by atomic mass is 15.2. The summed E-state index contributed by atoms with van der Waals surface area (Å²) in [5.41, 5.74) is 2.69. The first-order valence-corrected chi connectivity index (χ1v) is 5.81. The van der Waals surface area contributed by atoms with Crippen LogP contribution in [0.5, 0.6) is 0 Å². The maximum atomic E-state index is 3.45. The molecule has 1 fully saturated rings. The van der Waals surface area contributed by atoms with Crippen molar-refractivity contribution in [3.8, 4) is 0 Å². The first-order chi connectivity index (χ1) is 7.27. The van der Waals surface area contributed by atoms with E-state index >= 15 is 0 Å². The number of aryl methyl sites for hydroxylation is 1. The van der Waals surface area contributed by atoms with Crippen molar-refractivity contribution in [2.24, 2.45) is 0 Å². The molecule has 0 saturated carbocycles. The van der Waals surface area contributed by atoms with E-state index in [9.17, 15) is 0 Å². The highest BCUT2D eigenvalue weighted by Gasteiger charge is 2.16. The van der Waals surface area contributed by atoms with Gasteiger partial charge in [0.15, 0.2) is 0 Å². The quantitative estimate of drug-likeness (QED) is 0.754. The van der Waals surface area contributed by atoms with E-state index in [-0.39, 0.29) is 0 Å². The van der Waals surface area contributed by atoms with E-state index in [4.69, 9.17) is 0 Å². The van der Waals surface area contributed by atoms with Gasteiger partial charge in [-0.1, -0.05) is 17.7 Å². The fourth-order valence-corrected chi connectivity index (χ4v) is 2.13. The Morgan fingerprint density at radius 2 is 1.93 bits per heavy atom. The summed E-state index contributed by atoms with van der Waals surface area (Å²) < 4.78 is 0. The van der Waals surface area contributed by atoms with Gasteiger partial charge in [0, 0.05) is 24.8 Å². The zero-order chi connectivity index (χ0) is 10.7. The van der Waals surface area contributed by atoms with Gasteiger partial charge in [0.2, 0.25) is 0 Å². The molecule has 1 saturated heterocycles. The highest BCUT2D eigenvalue weighted by Crippen LogP contribution is 2.19. The molecule has 0 aliphatic carbocycles. The largest absolute Gasteiger partial charge is 0.368 e. The Labute approximate surface area is 92.3 Å². The number of anilines is 1. The second kappa shape index (κ2) is 4.67. The standard InChI is InChI=1S/C13H20N2/c1-11-3-5-13(6-4-11)15-10-9-14-8-7-12(15)2/h3-6,12,14H,7-10H2,1-2H3. The number of rotatable bonds is 1. The van der Waals surface area contributed by atoms with Gasteiger partial charge in [-0.25, -0.2) is 0 Å². The summed E-state index contributed by atoms with van der Waals surface area (Å²) in [6.45, 7) is 7.80. The number of nitrogens with zero attached hydrogens (tertiary/aromatic N) is 1. The zero-order valence-corrected chi connectivity index (χ0v) is 9.66. The van der Waals surface area contributed by atoms with E-state index in [1.54, 1.807) is 0 Å². The third kappa shape index (κ3) is 2.51. The molecule has 1 heterocycles. The molecule has 0 spiro atoms. The molecule has 2 heteroatoms. The lowest BCUT2D eigenvalue weighted by Crippen LogP contribution is -2.34. The maximum absolute atomic E-state index is 3.45. The van der Waals surface area contributed by atoms with Gasteiger partial charge in [0.05, 0.1) is 0 Å². The van der Waals surface area contributed by atoms with Gasteiger partial charge < -0.3 is 10.2 Å². The smallest absolute Gasteiger partial charge is 0.0369 e. The minimum Gasteiger partial charge on any atom is -0.368 e. The maximum Gasteiger partial charge on any atom is 0.0369 e. The normalized spacial score (nSPS) is 22.5. The molecule has 1 aliphatic rings. The van der Waals surface area contributed by atoms with Crippen molar-refractivity contribution in [2.45, 2.75) is 26.3 Å². The van der Waals surface area contributed by atoms with Gasteiger partial charge in [-0.3, -0.25) is 0 Å². The van der Waals surface area contributed by atoms with Gasteiger partial charge in [-0.15, -0.1) is 0 Å². The molecule has 82 valence electrons. The summed E-state index contributed by atoms with van der Waals surface area (Å²) in [7, 11) is 0. The number of benzene rings is 1. The lowest BCUT2D eigenvalue weighted by molar-refractivity contribution is 0.631. The van der Waals surface area contributed by atoms with Crippen LogP contribution in [0.2, 0.25) is 0 Å². The summed E-state index contributed by atoms with van der Waals surface area (Å²) >= 11 is 0. The topological polar surface area (TPSA) is 15.3 Å². The van der Waals surface area contributed by atoms with Crippen molar-refractivity contribution in [3.63, 3.8) is 0 Å². The third-order valence-corrected chi connectivity index (χ3v) is 3.17. The van der Waals surface area contributed by atoms with Gasteiger partial charge in [-0.05, 0) is 38.9 Å². The van der Waals surface area contributed by atoms with Crippen LogP contribution < -0.4 is 10.2 Å². The van der Waals surface area contributed by atoms with E-state index in [0.717, 1.165) is 19.6 Å². The Morgan fingerprint density at radius 1 is 1.20 bits per heavy atom. The number of hydrogen-bond donors (Lipinski definition) is 1. The second-order valence-electron chi connectivity index (χ2n) is 4.42. The van der Waals surface area contributed by atoms with Gasteiger partial charge in [0.1, 0.15) is 0 Å². The van der Waals surface area contributed by atoms with Crippen molar-refractivity contribution >= 4 is 5.69 Å². The molecule has 0 radical (unpaired) electrons.